The molecule has 1 saturated heterocycles. The van der Waals surface area contributed by atoms with Crippen LogP contribution in [0.3, 0.4) is 0 Å². The van der Waals surface area contributed by atoms with Gasteiger partial charge in [-0.1, -0.05) is 29.8 Å². The van der Waals surface area contributed by atoms with Gasteiger partial charge in [0.1, 0.15) is 5.75 Å². The molecule has 0 saturated carbocycles. The zero-order chi connectivity index (χ0) is 21.8. The molecule has 1 aliphatic heterocycles. The number of amides is 2. The van der Waals surface area contributed by atoms with E-state index in [2.05, 4.69) is 0 Å². The SMILES string of the molecule is COc1ccc([C@H]2[C@H](C(=O)O[C@@H](C)C(N)=O)CCC(=O)N2c2ccc(C)cc2)cc1. The molecule has 2 N–H and O–H groups in total. The number of hydrogen-bond acceptors (Lipinski definition) is 5. The summed E-state index contributed by atoms with van der Waals surface area (Å²) in [5, 5.41) is 0. The van der Waals surface area contributed by atoms with Crippen molar-refractivity contribution in [1.82, 2.24) is 0 Å². The van der Waals surface area contributed by atoms with Gasteiger partial charge in [0.05, 0.1) is 19.1 Å². The number of nitrogens with two attached hydrogens (primary N) is 1. The van der Waals surface area contributed by atoms with Gasteiger partial charge in [0.25, 0.3) is 5.91 Å². The van der Waals surface area contributed by atoms with Gasteiger partial charge in [-0.25, -0.2) is 0 Å². The van der Waals surface area contributed by atoms with E-state index in [0.29, 0.717) is 17.9 Å². The van der Waals surface area contributed by atoms with Crippen molar-refractivity contribution in [2.24, 2.45) is 11.7 Å². The molecule has 3 atom stereocenters. The standard InChI is InChI=1S/C23H26N2O5/c1-14-4-8-17(9-5-14)25-20(26)13-12-19(23(28)30-15(2)22(24)27)21(25)16-6-10-18(29-3)11-7-16/h4-11,15,19,21H,12-13H2,1-3H3,(H2,24,27)/t15-,19+,21-/m0/s1. The maximum Gasteiger partial charge on any atom is 0.312 e. The van der Waals surface area contributed by atoms with Crippen molar-refractivity contribution in [3.8, 4) is 5.75 Å². The number of anilines is 1. The van der Waals surface area contributed by atoms with E-state index in [-0.39, 0.29) is 12.3 Å². The lowest BCUT2D eigenvalue weighted by Crippen LogP contribution is -2.47. The van der Waals surface area contributed by atoms with Crippen LogP contribution in [0.5, 0.6) is 5.75 Å². The van der Waals surface area contributed by atoms with Crippen LogP contribution < -0.4 is 15.4 Å². The van der Waals surface area contributed by atoms with Gasteiger partial charge in [0, 0.05) is 12.1 Å². The number of carbonyl (C=O) groups is 3. The highest BCUT2D eigenvalue weighted by Crippen LogP contribution is 2.41. The summed E-state index contributed by atoms with van der Waals surface area (Å²) in [6.45, 7) is 3.41. The Morgan fingerprint density at radius 2 is 1.73 bits per heavy atom. The average Bonchev–Trinajstić information content (AvgIpc) is 2.74. The summed E-state index contributed by atoms with van der Waals surface area (Å²) < 4.78 is 10.5. The van der Waals surface area contributed by atoms with Gasteiger partial charge in [-0.05, 0) is 50.1 Å². The number of primary amides is 1. The number of carbonyl (C=O) groups excluding carboxylic acids is 3. The normalized spacial score (nSPS) is 19.8. The Balaban J connectivity index is 2.03. The lowest BCUT2D eigenvalue weighted by atomic mass is 9.83. The summed E-state index contributed by atoms with van der Waals surface area (Å²) in [6, 6.07) is 14.2. The molecule has 1 aliphatic rings. The fraction of sp³-hybridized carbons (Fsp3) is 0.348. The van der Waals surface area contributed by atoms with Crippen molar-refractivity contribution in [1.29, 1.82) is 0 Å². The summed E-state index contributed by atoms with van der Waals surface area (Å²) in [7, 11) is 1.57. The Labute approximate surface area is 175 Å². The summed E-state index contributed by atoms with van der Waals surface area (Å²) in [5.41, 5.74) is 7.79. The molecule has 1 fully saturated rings. The number of ether oxygens (including phenoxy) is 2. The molecule has 3 rings (SSSR count). The molecule has 7 nitrogen and oxygen atoms in total. The smallest absolute Gasteiger partial charge is 0.312 e. The number of aryl methyl sites for hydroxylation is 1. The molecule has 0 spiro atoms. The van der Waals surface area contributed by atoms with Crippen molar-refractivity contribution in [2.45, 2.75) is 38.8 Å². The maximum absolute atomic E-state index is 13.0. The molecule has 7 heteroatoms. The Morgan fingerprint density at radius 3 is 2.30 bits per heavy atom. The number of esters is 1. The second kappa shape index (κ2) is 8.98. The molecule has 2 aromatic rings. The first kappa shape index (κ1) is 21.4. The average molecular weight is 410 g/mol. The number of methoxy groups -OCH3 is 1. The summed E-state index contributed by atoms with van der Waals surface area (Å²) in [6.07, 6.45) is -0.521. The summed E-state index contributed by atoms with van der Waals surface area (Å²) >= 11 is 0. The molecule has 1 heterocycles. The Kier molecular flexibility index (Phi) is 6.40. The van der Waals surface area contributed by atoms with Crippen molar-refractivity contribution >= 4 is 23.5 Å². The number of hydrogen-bond donors (Lipinski definition) is 1. The third-order valence-electron chi connectivity index (χ3n) is 5.36. The van der Waals surface area contributed by atoms with E-state index < -0.39 is 29.9 Å². The van der Waals surface area contributed by atoms with Crippen LogP contribution in [0.4, 0.5) is 5.69 Å². The molecule has 0 aromatic heterocycles. The number of nitrogens with zero attached hydrogens (tertiary/aromatic N) is 1. The van der Waals surface area contributed by atoms with E-state index in [1.54, 1.807) is 24.1 Å². The maximum atomic E-state index is 13.0. The van der Waals surface area contributed by atoms with Crippen LogP contribution in [-0.2, 0) is 19.1 Å². The van der Waals surface area contributed by atoms with Crippen molar-refractivity contribution in [2.75, 3.05) is 12.0 Å². The van der Waals surface area contributed by atoms with Gasteiger partial charge in [0.2, 0.25) is 5.91 Å². The van der Waals surface area contributed by atoms with Crippen LogP contribution in [0.1, 0.15) is 36.9 Å². The van der Waals surface area contributed by atoms with Crippen LogP contribution in [0.2, 0.25) is 0 Å². The van der Waals surface area contributed by atoms with Gasteiger partial charge in [0.15, 0.2) is 6.10 Å². The third kappa shape index (κ3) is 4.45. The van der Waals surface area contributed by atoms with Crippen LogP contribution in [0.15, 0.2) is 48.5 Å². The minimum absolute atomic E-state index is 0.0772. The number of benzene rings is 2. The van der Waals surface area contributed by atoms with Crippen molar-refractivity contribution in [3.05, 3.63) is 59.7 Å². The molecular formula is C23H26N2O5. The minimum Gasteiger partial charge on any atom is -0.497 e. The highest BCUT2D eigenvalue weighted by Gasteiger charge is 2.43. The van der Waals surface area contributed by atoms with Gasteiger partial charge >= 0.3 is 5.97 Å². The Morgan fingerprint density at radius 1 is 1.10 bits per heavy atom. The first-order valence-electron chi connectivity index (χ1n) is 9.84. The molecule has 158 valence electrons. The Hall–Kier alpha value is -3.35. The first-order valence-corrected chi connectivity index (χ1v) is 9.84. The van der Waals surface area contributed by atoms with Gasteiger partial charge in [-0.2, -0.15) is 0 Å². The fourth-order valence-electron chi connectivity index (χ4n) is 3.65. The molecule has 0 aliphatic carbocycles. The van der Waals surface area contributed by atoms with Crippen LogP contribution in [0.25, 0.3) is 0 Å². The molecular weight excluding hydrogens is 384 g/mol. The minimum atomic E-state index is -1.04. The summed E-state index contributed by atoms with van der Waals surface area (Å²) in [5.74, 6) is -1.31. The van der Waals surface area contributed by atoms with Gasteiger partial charge in [-0.3, -0.25) is 14.4 Å². The quantitative estimate of drug-likeness (QED) is 0.738. The van der Waals surface area contributed by atoms with Crippen molar-refractivity contribution < 1.29 is 23.9 Å². The highest BCUT2D eigenvalue weighted by molar-refractivity contribution is 5.97. The van der Waals surface area contributed by atoms with E-state index in [0.717, 1.165) is 11.1 Å². The van der Waals surface area contributed by atoms with E-state index in [1.807, 2.05) is 43.3 Å². The van der Waals surface area contributed by atoms with E-state index in [1.165, 1.54) is 6.92 Å². The highest BCUT2D eigenvalue weighted by atomic mass is 16.5. The molecule has 0 radical (unpaired) electrons. The van der Waals surface area contributed by atoms with Gasteiger partial charge in [-0.15, -0.1) is 0 Å². The van der Waals surface area contributed by atoms with Gasteiger partial charge < -0.3 is 20.1 Å². The lowest BCUT2D eigenvalue weighted by Gasteiger charge is -2.40. The molecule has 30 heavy (non-hydrogen) atoms. The van der Waals surface area contributed by atoms with Crippen LogP contribution in [0, 0.1) is 12.8 Å². The topological polar surface area (TPSA) is 98.9 Å². The number of piperidine rings is 1. The molecule has 2 amide bonds. The first-order chi connectivity index (χ1) is 14.3. The fourth-order valence-corrected chi connectivity index (χ4v) is 3.65. The van der Waals surface area contributed by atoms with E-state index in [9.17, 15) is 14.4 Å². The predicted octanol–water partition coefficient (Wildman–Crippen LogP) is 2.90. The molecule has 0 bridgehead atoms. The zero-order valence-electron chi connectivity index (χ0n) is 17.3. The lowest BCUT2D eigenvalue weighted by molar-refractivity contribution is -0.159. The zero-order valence-corrected chi connectivity index (χ0v) is 17.3. The van der Waals surface area contributed by atoms with E-state index in [4.69, 9.17) is 15.2 Å². The van der Waals surface area contributed by atoms with E-state index >= 15 is 0 Å². The predicted molar refractivity (Wildman–Crippen MR) is 112 cm³/mol. The largest absolute Gasteiger partial charge is 0.497 e. The monoisotopic (exact) mass is 410 g/mol. The Bertz CT molecular complexity index is 924. The third-order valence-corrected chi connectivity index (χ3v) is 5.36. The molecule has 2 aromatic carbocycles. The molecule has 0 unspecified atom stereocenters. The number of rotatable bonds is 6. The summed E-state index contributed by atoms with van der Waals surface area (Å²) in [4.78, 5) is 38.9. The van der Waals surface area contributed by atoms with Crippen molar-refractivity contribution in [3.63, 3.8) is 0 Å². The van der Waals surface area contributed by atoms with Crippen LogP contribution >= 0.6 is 0 Å². The second-order valence-corrected chi connectivity index (χ2v) is 7.44. The van der Waals surface area contributed by atoms with Crippen LogP contribution in [-0.4, -0.2) is 31.0 Å². The second-order valence-electron chi connectivity index (χ2n) is 7.44.